The van der Waals surface area contributed by atoms with E-state index >= 15 is 0 Å². The summed E-state index contributed by atoms with van der Waals surface area (Å²) in [7, 11) is 0. The van der Waals surface area contributed by atoms with Crippen LogP contribution in [0.3, 0.4) is 0 Å². The first-order chi connectivity index (χ1) is 36.2. The first kappa shape index (κ1) is 33.5. The van der Waals surface area contributed by atoms with E-state index < -0.39 is 5.41 Å². The van der Waals surface area contributed by atoms with Crippen LogP contribution in [0.15, 0.2) is 253 Å². The lowest BCUT2D eigenvalue weighted by Gasteiger charge is -2.34. The molecule has 13 rings (SSSR count). The molecule has 0 unspecified atom stereocenters. The molecule has 0 saturated heterocycles. The molecule has 0 saturated carbocycles. The van der Waals surface area contributed by atoms with Crippen molar-refractivity contribution < 1.29 is 12.6 Å². The molecule has 0 atom stereocenters. The van der Waals surface area contributed by atoms with E-state index in [0.29, 0.717) is 28.3 Å². The molecule has 0 fully saturated rings. The SMILES string of the molecule is [2H]c1c(-c2cccc(-c3ccccc3)c2)c([2H])c2c(oc3c([2H])c(-c4nc(-c5cccc(-c6ccccc6)c5)nc(-c5ccc6c(c5)C(c5ccccc5)(c5ccccc5)c5ccccc5-6)n4)c([2H])c([2H])c32)c1[2H]. The molecule has 10 aromatic carbocycles. The van der Waals surface area contributed by atoms with E-state index in [0.717, 1.165) is 55.6 Å². The molecule has 1 aliphatic carbocycles. The summed E-state index contributed by atoms with van der Waals surface area (Å²) in [6, 6.07) is 69.4. The van der Waals surface area contributed by atoms with Crippen LogP contribution >= 0.6 is 0 Å². The highest BCUT2D eigenvalue weighted by Crippen LogP contribution is 2.56. The number of fused-ring (bicyclic) bond motifs is 6. The van der Waals surface area contributed by atoms with E-state index in [1.54, 1.807) is 6.07 Å². The van der Waals surface area contributed by atoms with Gasteiger partial charge >= 0.3 is 0 Å². The lowest BCUT2D eigenvalue weighted by molar-refractivity contribution is 0.669. The van der Waals surface area contributed by atoms with Gasteiger partial charge in [-0.2, -0.15) is 0 Å². The lowest BCUT2D eigenvalue weighted by atomic mass is 9.67. The molecule has 0 N–H and O–H groups in total. The zero-order valence-electron chi connectivity index (χ0n) is 42.5. The second-order valence-corrected chi connectivity index (χ2v) is 17.0. The summed E-state index contributed by atoms with van der Waals surface area (Å²) >= 11 is 0. The highest BCUT2D eigenvalue weighted by Gasteiger charge is 2.46. The van der Waals surface area contributed by atoms with Gasteiger partial charge in [0.2, 0.25) is 0 Å². The molecule has 4 heteroatoms. The average molecular weight is 874 g/mol. The van der Waals surface area contributed by atoms with Gasteiger partial charge in [-0.25, -0.2) is 15.0 Å². The number of aromatic nitrogens is 3. The molecule has 2 heterocycles. The maximum atomic E-state index is 9.83. The standard InChI is InChI=1S/C64H41N3O/c1-5-17-42(18-6-1)44-21-15-23-46(37-44)47-33-36-59-56(39-47)55-35-32-50(41-60(55)68-59)63-66-61(48-24-16-22-45(38-48)43-19-7-2-8-20-43)65-62(67-63)49-31-34-54-53-29-13-14-30-57(53)64(58(54)40-49,51-25-9-3-10-26-51)52-27-11-4-12-28-52/h1-41H/i32D,33D,35D,36D,39D,41D. The predicted octanol–water partition coefficient (Wildman–Crippen LogP) is 16.1. The summed E-state index contributed by atoms with van der Waals surface area (Å²) in [5.74, 6) is 0.572. The summed E-state index contributed by atoms with van der Waals surface area (Å²) in [5.41, 5.74) is 11.4. The van der Waals surface area contributed by atoms with Crippen LogP contribution in [0.2, 0.25) is 0 Å². The Hall–Kier alpha value is -8.99. The van der Waals surface area contributed by atoms with Crippen molar-refractivity contribution in [3.63, 3.8) is 0 Å². The van der Waals surface area contributed by atoms with Crippen molar-refractivity contribution in [2.45, 2.75) is 5.41 Å². The fraction of sp³-hybridized carbons (Fsp3) is 0.0156. The smallest absolute Gasteiger partial charge is 0.164 e. The van der Waals surface area contributed by atoms with Gasteiger partial charge in [-0.05, 0) is 109 Å². The first-order valence-corrected chi connectivity index (χ1v) is 22.6. The van der Waals surface area contributed by atoms with Crippen molar-refractivity contribution in [1.82, 2.24) is 15.0 Å². The Morgan fingerprint density at radius 3 is 1.46 bits per heavy atom. The maximum absolute atomic E-state index is 9.83. The highest BCUT2D eigenvalue weighted by molar-refractivity contribution is 6.07. The Bertz CT molecular complexity index is 4170. The zero-order valence-corrected chi connectivity index (χ0v) is 36.5. The molecule has 12 aromatic rings. The van der Waals surface area contributed by atoms with Crippen molar-refractivity contribution in [3.05, 3.63) is 271 Å². The van der Waals surface area contributed by atoms with Gasteiger partial charge in [0.15, 0.2) is 17.5 Å². The summed E-state index contributed by atoms with van der Waals surface area (Å²) in [5, 5.41) is 0.132. The Morgan fingerprint density at radius 2 is 0.809 bits per heavy atom. The van der Waals surface area contributed by atoms with Crippen molar-refractivity contribution in [1.29, 1.82) is 0 Å². The van der Waals surface area contributed by atoms with E-state index in [1.165, 1.54) is 0 Å². The molecular weight excluding hydrogens is 827 g/mol. The molecular formula is C64H41N3O. The molecule has 0 aliphatic heterocycles. The molecule has 4 nitrogen and oxygen atoms in total. The van der Waals surface area contributed by atoms with Gasteiger partial charge in [0.05, 0.1) is 13.6 Å². The predicted molar refractivity (Wildman–Crippen MR) is 277 cm³/mol. The number of hydrogen-bond donors (Lipinski definition) is 0. The highest BCUT2D eigenvalue weighted by atomic mass is 16.3. The minimum atomic E-state index is -0.709. The molecule has 0 amide bonds. The Balaban J connectivity index is 1.04. The van der Waals surface area contributed by atoms with E-state index in [2.05, 4.69) is 84.9 Å². The first-order valence-electron chi connectivity index (χ1n) is 25.6. The Kier molecular flexibility index (Phi) is 7.96. The van der Waals surface area contributed by atoms with Crippen LogP contribution in [-0.4, -0.2) is 15.0 Å². The van der Waals surface area contributed by atoms with Crippen LogP contribution in [0.25, 0.3) is 101 Å². The number of rotatable bonds is 8. The molecule has 0 radical (unpaired) electrons. The molecule has 318 valence electrons. The normalized spacial score (nSPS) is 13.8. The molecule has 2 aromatic heterocycles. The summed E-state index contributed by atoms with van der Waals surface area (Å²) < 4.78 is 63.5. The monoisotopic (exact) mass is 873 g/mol. The van der Waals surface area contributed by atoms with Crippen LogP contribution in [0.1, 0.15) is 30.5 Å². The van der Waals surface area contributed by atoms with Gasteiger partial charge in [0.1, 0.15) is 11.2 Å². The van der Waals surface area contributed by atoms with E-state index in [9.17, 15) is 8.22 Å². The Labute approximate surface area is 403 Å². The van der Waals surface area contributed by atoms with Gasteiger partial charge in [0.25, 0.3) is 0 Å². The van der Waals surface area contributed by atoms with Crippen molar-refractivity contribution >= 4 is 21.9 Å². The second-order valence-electron chi connectivity index (χ2n) is 17.0. The van der Waals surface area contributed by atoms with Gasteiger partial charge in [-0.3, -0.25) is 0 Å². The fourth-order valence-electron chi connectivity index (χ4n) is 9.93. The van der Waals surface area contributed by atoms with Crippen LogP contribution < -0.4 is 0 Å². The third-order valence-corrected chi connectivity index (χ3v) is 13.1. The summed E-state index contributed by atoms with van der Waals surface area (Å²) in [4.78, 5) is 15.3. The van der Waals surface area contributed by atoms with E-state index in [4.69, 9.17) is 19.4 Å². The van der Waals surface area contributed by atoms with Crippen LogP contribution in [0.5, 0.6) is 0 Å². The molecule has 0 bridgehead atoms. The van der Waals surface area contributed by atoms with Crippen molar-refractivity contribution in [2.24, 2.45) is 0 Å². The summed E-state index contributed by atoms with van der Waals surface area (Å²) in [6.07, 6.45) is 0. The third kappa shape index (κ3) is 6.57. The quantitative estimate of drug-likeness (QED) is 0.153. The van der Waals surface area contributed by atoms with Crippen molar-refractivity contribution in [3.8, 4) is 78.7 Å². The lowest BCUT2D eigenvalue weighted by Crippen LogP contribution is -2.28. The number of hydrogen-bond acceptors (Lipinski definition) is 4. The van der Waals surface area contributed by atoms with Gasteiger partial charge < -0.3 is 4.42 Å². The number of nitrogens with zero attached hydrogens (tertiary/aromatic N) is 3. The maximum Gasteiger partial charge on any atom is 0.164 e. The zero-order chi connectivity index (χ0) is 50.2. The topological polar surface area (TPSA) is 51.8 Å². The second kappa shape index (κ2) is 16.2. The molecule has 0 spiro atoms. The van der Waals surface area contributed by atoms with Gasteiger partial charge in [-0.1, -0.05) is 206 Å². The third-order valence-electron chi connectivity index (χ3n) is 13.1. The minimum absolute atomic E-state index is 0.0149. The summed E-state index contributed by atoms with van der Waals surface area (Å²) in [6.45, 7) is 0. The largest absolute Gasteiger partial charge is 0.456 e. The van der Waals surface area contributed by atoms with E-state index in [1.807, 2.05) is 121 Å². The minimum Gasteiger partial charge on any atom is -0.456 e. The molecule has 1 aliphatic rings. The Morgan fingerprint density at radius 1 is 0.324 bits per heavy atom. The van der Waals surface area contributed by atoms with Crippen LogP contribution in [-0.2, 0) is 5.41 Å². The fourth-order valence-corrected chi connectivity index (χ4v) is 9.93. The molecule has 68 heavy (non-hydrogen) atoms. The van der Waals surface area contributed by atoms with Crippen molar-refractivity contribution in [2.75, 3.05) is 0 Å². The van der Waals surface area contributed by atoms with E-state index in [-0.39, 0.29) is 75.1 Å². The average Bonchev–Trinajstić information content (AvgIpc) is 4.05. The van der Waals surface area contributed by atoms with Gasteiger partial charge in [-0.15, -0.1) is 0 Å². The van der Waals surface area contributed by atoms with Crippen LogP contribution in [0, 0.1) is 0 Å². The van der Waals surface area contributed by atoms with Gasteiger partial charge in [0, 0.05) is 27.5 Å². The van der Waals surface area contributed by atoms with Crippen LogP contribution in [0.4, 0.5) is 0 Å². The number of benzene rings is 10. The number of furan rings is 1.